The number of hydrogen-bond donors (Lipinski definition) is 0. The van der Waals surface area contributed by atoms with Gasteiger partial charge in [0.1, 0.15) is 5.75 Å². The number of unbranched alkanes of at least 4 members (excludes halogenated alkanes) is 7. The van der Waals surface area contributed by atoms with Gasteiger partial charge in [0.05, 0.1) is 13.2 Å². The maximum absolute atomic E-state index is 6.08. The van der Waals surface area contributed by atoms with Gasteiger partial charge in [-0.25, -0.2) is 0 Å². The highest BCUT2D eigenvalue weighted by Crippen LogP contribution is 2.15. The van der Waals surface area contributed by atoms with E-state index in [-0.39, 0.29) is 0 Å². The van der Waals surface area contributed by atoms with Crippen molar-refractivity contribution in [1.82, 2.24) is 0 Å². The minimum absolute atomic E-state index is 0.636. The van der Waals surface area contributed by atoms with E-state index in [1.807, 2.05) is 30.3 Å². The Balaban J connectivity index is 2.18. The number of benzene rings is 1. The Morgan fingerprint density at radius 1 is 0.826 bits per heavy atom. The third-order valence-corrected chi connectivity index (χ3v) is 5.92. The summed E-state index contributed by atoms with van der Waals surface area (Å²) in [5, 5.41) is 0. The van der Waals surface area contributed by atoms with Crippen molar-refractivity contribution in [2.45, 2.75) is 64.3 Å². The Kier molecular flexibility index (Phi) is 12.9. The molecule has 0 bridgehead atoms. The molecular formula is C19H34O3Si. The molecule has 0 radical (unpaired) electrons. The van der Waals surface area contributed by atoms with Gasteiger partial charge in [0, 0.05) is 7.11 Å². The van der Waals surface area contributed by atoms with Gasteiger partial charge in [0.25, 0.3) is 0 Å². The van der Waals surface area contributed by atoms with Gasteiger partial charge in [-0.05, 0) is 18.2 Å². The van der Waals surface area contributed by atoms with Gasteiger partial charge in [-0.3, -0.25) is 0 Å². The second kappa shape index (κ2) is 14.7. The first kappa shape index (κ1) is 20.2. The molecule has 4 heteroatoms. The minimum Gasteiger partial charge on any atom is -0.522 e. The van der Waals surface area contributed by atoms with Gasteiger partial charge >= 0.3 is 9.28 Å². The summed E-state index contributed by atoms with van der Waals surface area (Å²) in [6.45, 7) is 3.54. The number of hydrogen-bond acceptors (Lipinski definition) is 3. The van der Waals surface area contributed by atoms with Crippen LogP contribution in [0.3, 0.4) is 0 Å². The van der Waals surface area contributed by atoms with E-state index >= 15 is 0 Å². The topological polar surface area (TPSA) is 27.7 Å². The first-order chi connectivity index (χ1) is 11.4. The molecule has 1 unspecified atom stereocenters. The summed E-state index contributed by atoms with van der Waals surface area (Å²) in [5.41, 5.74) is 0. The lowest BCUT2D eigenvalue weighted by Gasteiger charge is -2.18. The molecule has 0 aromatic heterocycles. The average Bonchev–Trinajstić information content (AvgIpc) is 2.58. The highest BCUT2D eigenvalue weighted by Gasteiger charge is 2.15. The van der Waals surface area contributed by atoms with Crippen LogP contribution in [0.15, 0.2) is 30.3 Å². The van der Waals surface area contributed by atoms with Crippen LogP contribution in [0, 0.1) is 0 Å². The van der Waals surface area contributed by atoms with Gasteiger partial charge in [-0.15, -0.1) is 0 Å². The molecule has 0 N–H and O–H groups in total. The average molecular weight is 339 g/mol. The van der Waals surface area contributed by atoms with E-state index in [9.17, 15) is 0 Å². The van der Waals surface area contributed by atoms with E-state index < -0.39 is 9.28 Å². The smallest absolute Gasteiger partial charge is 0.382 e. The van der Waals surface area contributed by atoms with E-state index in [4.69, 9.17) is 13.6 Å². The molecule has 0 amide bonds. The maximum atomic E-state index is 6.08. The standard InChI is InChI=1S/C19H34O3Si/c1-3-4-5-6-7-8-9-13-18-23(21-17-16-20-2)22-19-14-11-10-12-15-19/h10-12,14-15,23H,3-9,13,16-18H2,1-2H3. The summed E-state index contributed by atoms with van der Waals surface area (Å²) in [7, 11) is 0.0629. The second-order valence-corrected chi connectivity index (χ2v) is 7.99. The van der Waals surface area contributed by atoms with Crippen LogP contribution in [0.5, 0.6) is 5.75 Å². The third kappa shape index (κ3) is 11.3. The van der Waals surface area contributed by atoms with E-state index in [0.717, 1.165) is 11.8 Å². The number of methoxy groups -OCH3 is 1. The quantitative estimate of drug-likeness (QED) is 0.329. The van der Waals surface area contributed by atoms with Crippen LogP contribution in [0.1, 0.15) is 58.3 Å². The van der Waals surface area contributed by atoms with Crippen molar-refractivity contribution in [2.75, 3.05) is 20.3 Å². The third-order valence-electron chi connectivity index (χ3n) is 3.90. The predicted octanol–water partition coefficient (Wildman–Crippen LogP) is 5.09. The molecule has 0 aliphatic carbocycles. The van der Waals surface area contributed by atoms with Gasteiger partial charge in [-0.1, -0.05) is 76.5 Å². The highest BCUT2D eigenvalue weighted by molar-refractivity contribution is 6.45. The minimum atomic E-state index is -1.64. The maximum Gasteiger partial charge on any atom is 0.382 e. The SMILES string of the molecule is CCCCCCCCCC[SiH](OCCOC)Oc1ccccc1. The zero-order chi connectivity index (χ0) is 16.6. The van der Waals surface area contributed by atoms with E-state index in [1.165, 1.54) is 51.4 Å². The van der Waals surface area contributed by atoms with Crippen molar-refractivity contribution in [3.8, 4) is 5.75 Å². The molecule has 0 saturated heterocycles. The van der Waals surface area contributed by atoms with Crippen LogP contribution >= 0.6 is 0 Å². The first-order valence-corrected chi connectivity index (χ1v) is 10.9. The van der Waals surface area contributed by atoms with Crippen LogP contribution in [0.2, 0.25) is 6.04 Å². The number of ether oxygens (including phenoxy) is 1. The molecule has 1 atom stereocenters. The van der Waals surface area contributed by atoms with E-state index in [1.54, 1.807) is 7.11 Å². The van der Waals surface area contributed by atoms with Crippen LogP contribution in [0.25, 0.3) is 0 Å². The summed E-state index contributed by atoms with van der Waals surface area (Å²) in [5.74, 6) is 0.932. The zero-order valence-electron chi connectivity index (χ0n) is 15.0. The van der Waals surface area contributed by atoms with Crippen molar-refractivity contribution in [3.05, 3.63) is 30.3 Å². The Labute approximate surface area is 144 Å². The molecule has 1 aromatic rings. The van der Waals surface area contributed by atoms with Crippen molar-refractivity contribution in [1.29, 1.82) is 0 Å². The van der Waals surface area contributed by atoms with Gasteiger partial charge in [-0.2, -0.15) is 0 Å². The molecule has 1 aromatic carbocycles. The molecule has 0 spiro atoms. The Morgan fingerprint density at radius 2 is 1.48 bits per heavy atom. The summed E-state index contributed by atoms with van der Waals surface area (Å²) < 4.78 is 17.1. The Morgan fingerprint density at radius 3 is 2.13 bits per heavy atom. The summed E-state index contributed by atoms with van der Waals surface area (Å²) in [4.78, 5) is 0. The van der Waals surface area contributed by atoms with Crippen LogP contribution in [0.4, 0.5) is 0 Å². The van der Waals surface area contributed by atoms with Crippen molar-refractivity contribution < 1.29 is 13.6 Å². The fourth-order valence-corrected chi connectivity index (χ4v) is 4.33. The number of rotatable bonds is 15. The lowest BCUT2D eigenvalue weighted by molar-refractivity contribution is 0.135. The Hall–Kier alpha value is -0.843. The van der Waals surface area contributed by atoms with Crippen LogP contribution in [-0.2, 0) is 9.16 Å². The fourth-order valence-electron chi connectivity index (χ4n) is 2.53. The largest absolute Gasteiger partial charge is 0.522 e. The fraction of sp³-hybridized carbons (Fsp3) is 0.684. The monoisotopic (exact) mass is 338 g/mol. The molecule has 0 saturated carbocycles. The van der Waals surface area contributed by atoms with Crippen molar-refractivity contribution in [2.24, 2.45) is 0 Å². The molecule has 132 valence electrons. The zero-order valence-corrected chi connectivity index (χ0v) is 16.1. The molecule has 23 heavy (non-hydrogen) atoms. The summed E-state index contributed by atoms with van der Waals surface area (Å²) in [6.07, 6.45) is 10.7. The van der Waals surface area contributed by atoms with Gasteiger partial charge in [0.2, 0.25) is 0 Å². The lowest BCUT2D eigenvalue weighted by Crippen LogP contribution is -2.27. The Bertz CT molecular complexity index is 359. The van der Waals surface area contributed by atoms with Gasteiger partial charge in [0.15, 0.2) is 0 Å². The molecule has 0 heterocycles. The second-order valence-electron chi connectivity index (χ2n) is 5.99. The summed E-state index contributed by atoms with van der Waals surface area (Å²) >= 11 is 0. The van der Waals surface area contributed by atoms with Crippen LogP contribution in [-0.4, -0.2) is 29.6 Å². The molecule has 0 fully saturated rings. The van der Waals surface area contributed by atoms with E-state index in [2.05, 4.69) is 6.92 Å². The van der Waals surface area contributed by atoms with Crippen molar-refractivity contribution >= 4 is 9.28 Å². The van der Waals surface area contributed by atoms with Crippen molar-refractivity contribution in [3.63, 3.8) is 0 Å². The molecule has 0 aliphatic rings. The highest BCUT2D eigenvalue weighted by atomic mass is 28.3. The molecular weight excluding hydrogens is 304 g/mol. The predicted molar refractivity (Wildman–Crippen MR) is 99.5 cm³/mol. The molecule has 1 rings (SSSR count). The van der Waals surface area contributed by atoms with E-state index in [0.29, 0.717) is 13.2 Å². The first-order valence-electron chi connectivity index (χ1n) is 9.19. The van der Waals surface area contributed by atoms with Gasteiger partial charge < -0.3 is 13.6 Å². The number of para-hydroxylation sites is 1. The lowest BCUT2D eigenvalue weighted by atomic mass is 10.1. The normalized spacial score (nSPS) is 12.3. The molecule has 0 aliphatic heterocycles. The summed E-state index contributed by atoms with van der Waals surface area (Å²) in [6, 6.07) is 11.1. The van der Waals surface area contributed by atoms with Crippen LogP contribution < -0.4 is 4.43 Å². The molecule has 3 nitrogen and oxygen atoms in total.